The van der Waals surface area contributed by atoms with Crippen molar-refractivity contribution in [2.24, 2.45) is 0 Å². The van der Waals surface area contributed by atoms with Gasteiger partial charge >= 0.3 is 0 Å². The van der Waals surface area contributed by atoms with E-state index in [1.165, 1.54) is 16.3 Å². The van der Waals surface area contributed by atoms with Crippen LogP contribution in [0.2, 0.25) is 0 Å². The highest BCUT2D eigenvalue weighted by molar-refractivity contribution is 9.24. The molecule has 0 aromatic heterocycles. The molecule has 0 N–H and O–H groups in total. The molecule has 0 fully saturated rings. The summed E-state index contributed by atoms with van der Waals surface area (Å²) in [6, 6.07) is 12.5. The summed E-state index contributed by atoms with van der Waals surface area (Å²) in [5, 5.41) is 2.51. The summed E-state index contributed by atoms with van der Waals surface area (Å²) in [7, 11) is 0. The number of alkyl halides is 2. The summed E-state index contributed by atoms with van der Waals surface area (Å²) in [6.07, 6.45) is 0. The van der Waals surface area contributed by atoms with Crippen LogP contribution in [0, 0.1) is 0 Å². The molecule has 72 valence electrons. The van der Waals surface area contributed by atoms with E-state index >= 15 is 0 Å². The summed E-state index contributed by atoms with van der Waals surface area (Å²) in [5.74, 6) is 0. The Balaban J connectivity index is 2.82. The first-order valence-corrected chi connectivity index (χ1v) is 6.78. The number of rotatable bonds is 1. The third kappa shape index (κ3) is 1.90. The third-order valence-electron chi connectivity index (χ3n) is 2.14. The first-order valence-electron chi connectivity index (χ1n) is 4.15. The fourth-order valence-electron chi connectivity index (χ4n) is 1.48. The van der Waals surface area contributed by atoms with Crippen LogP contribution in [0.25, 0.3) is 10.8 Å². The molecule has 0 bridgehead atoms. The van der Waals surface area contributed by atoms with Crippen LogP contribution in [0.5, 0.6) is 0 Å². The van der Waals surface area contributed by atoms with E-state index in [0.717, 1.165) is 4.47 Å². The van der Waals surface area contributed by atoms with Gasteiger partial charge in [-0.05, 0) is 22.4 Å². The summed E-state index contributed by atoms with van der Waals surface area (Å²) in [6.45, 7) is 0. The Bertz CT molecular complexity index is 463. The van der Waals surface area contributed by atoms with Gasteiger partial charge in [0.15, 0.2) is 0 Å². The number of hydrogen-bond donors (Lipinski definition) is 0. The normalized spacial score (nSPS) is 11.1. The Kier molecular flexibility index (Phi) is 3.30. The predicted molar refractivity (Wildman–Crippen MR) is 72.2 cm³/mol. The number of halogens is 3. The van der Waals surface area contributed by atoms with Crippen molar-refractivity contribution >= 4 is 58.6 Å². The van der Waals surface area contributed by atoms with Crippen LogP contribution in [0.3, 0.4) is 0 Å². The van der Waals surface area contributed by atoms with Crippen molar-refractivity contribution in [2.75, 3.05) is 0 Å². The molecule has 0 saturated carbocycles. The maximum Gasteiger partial charge on any atom is 0.0952 e. The van der Waals surface area contributed by atoms with E-state index in [2.05, 4.69) is 78.1 Å². The van der Waals surface area contributed by atoms with Gasteiger partial charge in [-0.2, -0.15) is 0 Å². The lowest BCUT2D eigenvalue weighted by Crippen LogP contribution is -1.84. The van der Waals surface area contributed by atoms with Crippen LogP contribution in [-0.4, -0.2) is 0 Å². The zero-order valence-electron chi connectivity index (χ0n) is 7.18. The number of benzene rings is 2. The van der Waals surface area contributed by atoms with Gasteiger partial charge in [0.2, 0.25) is 0 Å². The van der Waals surface area contributed by atoms with Gasteiger partial charge in [0, 0.05) is 4.47 Å². The van der Waals surface area contributed by atoms with E-state index < -0.39 is 0 Å². The van der Waals surface area contributed by atoms with Crippen LogP contribution in [0.1, 0.15) is 9.30 Å². The van der Waals surface area contributed by atoms with E-state index in [1.54, 1.807) is 0 Å². The molecule has 0 radical (unpaired) electrons. The molecule has 0 unspecified atom stereocenters. The van der Waals surface area contributed by atoms with Gasteiger partial charge < -0.3 is 0 Å². The molecule has 14 heavy (non-hydrogen) atoms. The predicted octanol–water partition coefficient (Wildman–Crippen LogP) is 5.39. The van der Waals surface area contributed by atoms with Crippen molar-refractivity contribution in [3.63, 3.8) is 0 Å². The van der Waals surface area contributed by atoms with Gasteiger partial charge in [-0.1, -0.05) is 78.1 Å². The molecule has 2 rings (SSSR count). The van der Waals surface area contributed by atoms with Crippen LogP contribution in [-0.2, 0) is 0 Å². The SMILES string of the molecule is Brc1ccc(C(Br)Br)c2ccccc12. The lowest BCUT2D eigenvalue weighted by Gasteiger charge is -2.08. The van der Waals surface area contributed by atoms with Crippen molar-refractivity contribution < 1.29 is 0 Å². The molecule has 0 atom stereocenters. The molecule has 0 nitrogen and oxygen atoms in total. The van der Waals surface area contributed by atoms with Gasteiger partial charge in [0.1, 0.15) is 0 Å². The second kappa shape index (κ2) is 4.33. The van der Waals surface area contributed by atoms with Crippen LogP contribution >= 0.6 is 47.8 Å². The molecule has 2 aromatic rings. The van der Waals surface area contributed by atoms with Crippen LogP contribution in [0.4, 0.5) is 0 Å². The molecule has 2 aromatic carbocycles. The monoisotopic (exact) mass is 376 g/mol. The second-order valence-electron chi connectivity index (χ2n) is 2.98. The van der Waals surface area contributed by atoms with E-state index in [0.29, 0.717) is 0 Å². The first-order chi connectivity index (χ1) is 6.70. The van der Waals surface area contributed by atoms with Crippen molar-refractivity contribution in [2.45, 2.75) is 3.74 Å². The van der Waals surface area contributed by atoms with Crippen LogP contribution in [0.15, 0.2) is 40.9 Å². The van der Waals surface area contributed by atoms with Crippen molar-refractivity contribution in [1.82, 2.24) is 0 Å². The minimum Gasteiger partial charge on any atom is -0.0712 e. The van der Waals surface area contributed by atoms with Gasteiger partial charge in [-0.25, -0.2) is 0 Å². The lowest BCUT2D eigenvalue weighted by molar-refractivity contribution is 1.47. The highest BCUT2D eigenvalue weighted by Crippen LogP contribution is 2.36. The topological polar surface area (TPSA) is 0 Å². The molecule has 0 amide bonds. The molecular formula is C11H7Br3. The highest BCUT2D eigenvalue weighted by atomic mass is 79.9. The zero-order chi connectivity index (χ0) is 10.1. The third-order valence-corrected chi connectivity index (χ3v) is 3.82. The largest absolute Gasteiger partial charge is 0.0952 e. The summed E-state index contributed by atoms with van der Waals surface area (Å²) >= 11 is 10.6. The second-order valence-corrected chi connectivity index (χ2v) is 6.90. The molecular weight excluding hydrogens is 372 g/mol. The highest BCUT2D eigenvalue weighted by Gasteiger charge is 2.08. The summed E-state index contributed by atoms with van der Waals surface area (Å²) in [5.41, 5.74) is 1.25. The van der Waals surface area contributed by atoms with E-state index in [-0.39, 0.29) is 3.74 Å². The van der Waals surface area contributed by atoms with Gasteiger partial charge in [-0.15, -0.1) is 0 Å². The van der Waals surface area contributed by atoms with Crippen molar-refractivity contribution in [1.29, 1.82) is 0 Å². The minimum atomic E-state index is 0.202. The first kappa shape index (κ1) is 10.7. The quantitative estimate of drug-likeness (QED) is 0.583. The van der Waals surface area contributed by atoms with Crippen molar-refractivity contribution in [3.05, 3.63) is 46.4 Å². The molecule has 0 heterocycles. The number of fused-ring (bicyclic) bond motifs is 1. The summed E-state index contributed by atoms with van der Waals surface area (Å²) in [4.78, 5) is 0. The molecule has 0 aliphatic heterocycles. The molecule has 0 saturated heterocycles. The Morgan fingerprint density at radius 2 is 1.50 bits per heavy atom. The Morgan fingerprint density at radius 3 is 2.14 bits per heavy atom. The fraction of sp³-hybridized carbons (Fsp3) is 0.0909. The average Bonchev–Trinajstić information content (AvgIpc) is 2.18. The van der Waals surface area contributed by atoms with Gasteiger partial charge in [0.25, 0.3) is 0 Å². The van der Waals surface area contributed by atoms with Gasteiger partial charge in [0.05, 0.1) is 3.74 Å². The molecule has 3 heteroatoms. The maximum atomic E-state index is 3.55. The number of hydrogen-bond acceptors (Lipinski definition) is 0. The Morgan fingerprint density at radius 1 is 0.857 bits per heavy atom. The van der Waals surface area contributed by atoms with Gasteiger partial charge in [-0.3, -0.25) is 0 Å². The minimum absolute atomic E-state index is 0.202. The van der Waals surface area contributed by atoms with E-state index in [9.17, 15) is 0 Å². The zero-order valence-corrected chi connectivity index (χ0v) is 11.9. The smallest absolute Gasteiger partial charge is 0.0712 e. The lowest BCUT2D eigenvalue weighted by atomic mass is 10.1. The maximum absolute atomic E-state index is 3.55. The molecule has 0 aliphatic rings. The summed E-state index contributed by atoms with van der Waals surface area (Å²) < 4.78 is 1.34. The van der Waals surface area contributed by atoms with E-state index in [1.807, 2.05) is 6.07 Å². The average molecular weight is 379 g/mol. The fourth-order valence-corrected chi connectivity index (χ4v) is 2.75. The Labute approximate surface area is 108 Å². The Hall–Kier alpha value is 0.140. The van der Waals surface area contributed by atoms with Crippen LogP contribution < -0.4 is 0 Å². The van der Waals surface area contributed by atoms with E-state index in [4.69, 9.17) is 0 Å². The standard InChI is InChI=1S/C11H7Br3/c12-10-6-5-9(11(13)14)7-3-1-2-4-8(7)10/h1-6,11H. The van der Waals surface area contributed by atoms with Crippen molar-refractivity contribution in [3.8, 4) is 0 Å². The molecule has 0 aliphatic carbocycles. The molecule has 0 spiro atoms.